The summed E-state index contributed by atoms with van der Waals surface area (Å²) in [6.07, 6.45) is 14.6. The Morgan fingerprint density at radius 1 is 0.923 bits per heavy atom. The molecule has 3 aromatic heterocycles. The van der Waals surface area contributed by atoms with Crippen LogP contribution in [-0.2, 0) is 17.7 Å². The van der Waals surface area contributed by atoms with Gasteiger partial charge < -0.3 is 14.6 Å². The molecular formula is C30H36BrN7O. The van der Waals surface area contributed by atoms with E-state index in [-0.39, 0.29) is 0 Å². The number of anilines is 1. The maximum Gasteiger partial charge on any atom is 0.180 e. The minimum absolute atomic E-state index is 0.752. The van der Waals surface area contributed by atoms with Gasteiger partial charge in [0.15, 0.2) is 5.65 Å². The van der Waals surface area contributed by atoms with Gasteiger partial charge in [-0.05, 0) is 53.1 Å². The number of nitrogens with zero attached hydrogens (tertiary/aromatic N) is 6. The van der Waals surface area contributed by atoms with Crippen LogP contribution in [0.3, 0.4) is 0 Å². The van der Waals surface area contributed by atoms with E-state index in [0.717, 1.165) is 96.6 Å². The van der Waals surface area contributed by atoms with Gasteiger partial charge in [-0.25, -0.2) is 19.9 Å². The molecule has 2 aliphatic heterocycles. The lowest BCUT2D eigenvalue weighted by Gasteiger charge is -2.36. The fourth-order valence-corrected chi connectivity index (χ4v) is 6.34. The third kappa shape index (κ3) is 6.48. The highest BCUT2D eigenvalue weighted by Crippen LogP contribution is 2.34. The van der Waals surface area contributed by atoms with Gasteiger partial charge in [0.1, 0.15) is 17.7 Å². The molecule has 5 heterocycles. The Bertz CT molecular complexity index is 1350. The highest BCUT2D eigenvalue weighted by Gasteiger charge is 2.23. The summed E-state index contributed by atoms with van der Waals surface area (Å²) in [6.45, 7) is 6.54. The van der Waals surface area contributed by atoms with Crippen molar-refractivity contribution in [2.75, 3.05) is 44.3 Å². The Hall–Kier alpha value is -2.88. The summed E-state index contributed by atoms with van der Waals surface area (Å²) >= 11 is 3.77. The van der Waals surface area contributed by atoms with Gasteiger partial charge in [-0.3, -0.25) is 4.90 Å². The summed E-state index contributed by atoms with van der Waals surface area (Å²) in [5.41, 5.74) is 6.51. The summed E-state index contributed by atoms with van der Waals surface area (Å²) < 4.78 is 6.69. The Morgan fingerprint density at radius 2 is 1.74 bits per heavy atom. The second kappa shape index (κ2) is 12.5. The molecule has 0 spiro atoms. The second-order valence-corrected chi connectivity index (χ2v) is 11.6. The highest BCUT2D eigenvalue weighted by atomic mass is 79.9. The zero-order valence-corrected chi connectivity index (χ0v) is 23.9. The van der Waals surface area contributed by atoms with Crippen LogP contribution in [0, 0.1) is 5.92 Å². The van der Waals surface area contributed by atoms with Crippen LogP contribution in [0.4, 0.5) is 5.69 Å². The number of benzene rings is 1. The normalized spacial score (nSPS) is 19.2. The number of pyridine rings is 1. The van der Waals surface area contributed by atoms with Crippen LogP contribution in [0.25, 0.3) is 22.6 Å². The number of hydrogen-bond donors (Lipinski definition) is 1. The summed E-state index contributed by atoms with van der Waals surface area (Å²) in [5, 5.41) is 0. The van der Waals surface area contributed by atoms with Crippen LogP contribution in [0.15, 0.2) is 53.7 Å². The quantitative estimate of drug-likeness (QED) is 0.298. The Balaban J connectivity index is 1.12. The van der Waals surface area contributed by atoms with E-state index in [1.807, 2.05) is 18.6 Å². The van der Waals surface area contributed by atoms with Crippen LogP contribution in [0.1, 0.15) is 43.2 Å². The molecule has 0 aliphatic carbocycles. The van der Waals surface area contributed by atoms with Crippen molar-refractivity contribution in [2.24, 2.45) is 5.92 Å². The van der Waals surface area contributed by atoms with E-state index in [4.69, 9.17) is 9.72 Å². The average molecular weight is 591 g/mol. The van der Waals surface area contributed by atoms with Crippen molar-refractivity contribution < 1.29 is 4.74 Å². The number of H-pyrrole nitrogens is 1. The monoisotopic (exact) mass is 589 g/mol. The third-order valence-electron chi connectivity index (χ3n) is 8.05. The predicted molar refractivity (Wildman–Crippen MR) is 158 cm³/mol. The first-order chi connectivity index (χ1) is 19.2. The number of halogens is 1. The van der Waals surface area contributed by atoms with Crippen molar-refractivity contribution >= 4 is 32.8 Å². The predicted octanol–water partition coefficient (Wildman–Crippen LogP) is 5.64. The molecule has 2 aliphatic rings. The Morgan fingerprint density at radius 3 is 2.56 bits per heavy atom. The Kier molecular flexibility index (Phi) is 8.47. The van der Waals surface area contributed by atoms with Crippen LogP contribution in [0.2, 0.25) is 0 Å². The number of aromatic nitrogens is 5. The van der Waals surface area contributed by atoms with Crippen molar-refractivity contribution in [1.29, 1.82) is 0 Å². The molecule has 1 N–H and O–H groups in total. The standard InChI is InChI=1S/C30H36BrN7O/c31-26-19-34-30-27(28(26)38-13-11-37(12-14-38)20-24-17-32-21-33-18-24)35-29(36-30)25-8-6-23(7-9-25)5-4-22-3-1-2-15-39-16-10-22/h6-9,17-19,21-22H,1-5,10-16,20H2,(H,34,35,36)/t22-/m0/s1. The highest BCUT2D eigenvalue weighted by molar-refractivity contribution is 9.10. The molecule has 0 radical (unpaired) electrons. The maximum absolute atomic E-state index is 5.70. The number of aryl methyl sites for hydroxylation is 1. The van der Waals surface area contributed by atoms with Crippen molar-refractivity contribution in [3.05, 3.63) is 64.8 Å². The lowest BCUT2D eigenvalue weighted by molar-refractivity contribution is 0.0985. The SMILES string of the molecule is Brc1cnc2nc(-c3ccc(CC[C@@H]4CCCCOCC4)cc3)[nH]c2c1N1CCN(Cc2cncnc2)CC1. The number of rotatable bonds is 7. The molecule has 0 bridgehead atoms. The van der Waals surface area contributed by atoms with Gasteiger partial charge >= 0.3 is 0 Å². The van der Waals surface area contributed by atoms with E-state index in [1.165, 1.54) is 37.7 Å². The molecule has 0 unspecified atom stereocenters. The second-order valence-electron chi connectivity index (χ2n) is 10.7. The molecule has 2 fully saturated rings. The first-order valence-corrected chi connectivity index (χ1v) is 14.9. The molecule has 6 rings (SSSR count). The smallest absolute Gasteiger partial charge is 0.180 e. The zero-order valence-electron chi connectivity index (χ0n) is 22.4. The van der Waals surface area contributed by atoms with Gasteiger partial charge in [0, 0.05) is 75.7 Å². The van der Waals surface area contributed by atoms with E-state index in [2.05, 4.69) is 69.9 Å². The molecule has 0 amide bonds. The van der Waals surface area contributed by atoms with Crippen LogP contribution in [-0.4, -0.2) is 69.2 Å². The summed E-state index contributed by atoms with van der Waals surface area (Å²) in [6, 6.07) is 8.89. The Labute approximate surface area is 238 Å². The van der Waals surface area contributed by atoms with E-state index in [1.54, 1.807) is 6.33 Å². The zero-order chi connectivity index (χ0) is 26.4. The number of piperazine rings is 1. The van der Waals surface area contributed by atoms with Crippen molar-refractivity contribution in [2.45, 2.75) is 45.1 Å². The molecule has 4 aromatic rings. The van der Waals surface area contributed by atoms with Gasteiger partial charge in [-0.2, -0.15) is 0 Å². The summed E-state index contributed by atoms with van der Waals surface area (Å²) in [7, 11) is 0. The average Bonchev–Trinajstić information content (AvgIpc) is 3.38. The largest absolute Gasteiger partial charge is 0.381 e. The van der Waals surface area contributed by atoms with E-state index >= 15 is 0 Å². The summed E-state index contributed by atoms with van der Waals surface area (Å²) in [5.74, 6) is 1.64. The molecule has 2 saturated heterocycles. The fraction of sp³-hybridized carbons (Fsp3) is 0.467. The molecule has 39 heavy (non-hydrogen) atoms. The lowest BCUT2D eigenvalue weighted by Crippen LogP contribution is -2.46. The van der Waals surface area contributed by atoms with E-state index < -0.39 is 0 Å². The first-order valence-electron chi connectivity index (χ1n) is 14.2. The molecular weight excluding hydrogens is 554 g/mol. The minimum Gasteiger partial charge on any atom is -0.381 e. The number of imidazole rings is 1. The van der Waals surface area contributed by atoms with Crippen LogP contribution in [0.5, 0.6) is 0 Å². The van der Waals surface area contributed by atoms with Crippen LogP contribution < -0.4 is 4.90 Å². The molecule has 8 nitrogen and oxygen atoms in total. The molecule has 1 aromatic carbocycles. The minimum atomic E-state index is 0.752. The number of hydrogen-bond acceptors (Lipinski definition) is 7. The maximum atomic E-state index is 5.70. The number of ether oxygens (including phenoxy) is 1. The van der Waals surface area contributed by atoms with Crippen molar-refractivity contribution in [1.82, 2.24) is 29.8 Å². The van der Waals surface area contributed by atoms with Crippen molar-refractivity contribution in [3.63, 3.8) is 0 Å². The van der Waals surface area contributed by atoms with Gasteiger partial charge in [0.25, 0.3) is 0 Å². The fourth-order valence-electron chi connectivity index (χ4n) is 5.79. The molecule has 1 atom stereocenters. The van der Waals surface area contributed by atoms with Crippen LogP contribution >= 0.6 is 15.9 Å². The third-order valence-corrected chi connectivity index (χ3v) is 8.63. The van der Waals surface area contributed by atoms with Gasteiger partial charge in [0.2, 0.25) is 0 Å². The van der Waals surface area contributed by atoms with Gasteiger partial charge in [-0.15, -0.1) is 0 Å². The van der Waals surface area contributed by atoms with E-state index in [0.29, 0.717) is 0 Å². The first kappa shape index (κ1) is 26.3. The number of aromatic amines is 1. The number of fused-ring (bicyclic) bond motifs is 1. The van der Waals surface area contributed by atoms with Crippen molar-refractivity contribution in [3.8, 4) is 11.4 Å². The lowest BCUT2D eigenvalue weighted by atomic mass is 9.91. The number of nitrogens with one attached hydrogen (secondary N) is 1. The molecule has 204 valence electrons. The molecule has 9 heteroatoms. The summed E-state index contributed by atoms with van der Waals surface area (Å²) in [4.78, 5) is 26.3. The van der Waals surface area contributed by atoms with Gasteiger partial charge in [0.05, 0.1) is 10.2 Å². The molecule has 0 saturated carbocycles. The topological polar surface area (TPSA) is 83.1 Å². The van der Waals surface area contributed by atoms with Gasteiger partial charge in [-0.1, -0.05) is 37.1 Å². The van der Waals surface area contributed by atoms with E-state index in [9.17, 15) is 0 Å².